The van der Waals surface area contributed by atoms with E-state index in [4.69, 9.17) is 16.0 Å². The first-order valence-corrected chi connectivity index (χ1v) is 12.9. The average Bonchev–Trinajstić information content (AvgIpc) is 2.99. The molecule has 0 atom stereocenters. The van der Waals surface area contributed by atoms with Crippen molar-refractivity contribution in [3.63, 3.8) is 0 Å². The fourth-order valence-corrected chi connectivity index (χ4v) is 5.24. The fourth-order valence-electron chi connectivity index (χ4n) is 5.24. The lowest BCUT2D eigenvalue weighted by Crippen LogP contribution is -2.30. The Hall–Kier alpha value is -5.52. The Morgan fingerprint density at radius 2 is 1.18 bits per heavy atom. The van der Waals surface area contributed by atoms with Crippen LogP contribution in [0.4, 0.5) is 22.7 Å². The number of hydrogen-bond donors (Lipinski definition) is 0. The van der Waals surface area contributed by atoms with Crippen LogP contribution < -0.4 is 14.4 Å². The van der Waals surface area contributed by atoms with E-state index in [0.29, 0.717) is 34.2 Å². The molecule has 0 radical (unpaired) electrons. The molecule has 0 fully saturated rings. The number of nitriles is 1. The number of benzene rings is 5. The summed E-state index contributed by atoms with van der Waals surface area (Å²) in [7, 11) is 0. The normalized spacial score (nSPS) is 12.8. The molecule has 40 heavy (non-hydrogen) atoms. The third-order valence-electron chi connectivity index (χ3n) is 7.23. The number of nitrogens with zero attached hydrogens (tertiary/aromatic N) is 3. The van der Waals surface area contributed by atoms with Crippen molar-refractivity contribution < 1.29 is 9.47 Å². The smallest absolute Gasteiger partial charge is 0.187 e. The van der Waals surface area contributed by atoms with Gasteiger partial charge in [-0.3, -0.25) is 0 Å². The van der Waals surface area contributed by atoms with E-state index >= 15 is 0 Å². The summed E-state index contributed by atoms with van der Waals surface area (Å²) in [4.78, 5) is 5.70. The fraction of sp³-hybridized carbons (Fsp3) is 0.0857. The van der Waals surface area contributed by atoms with Crippen LogP contribution in [0.1, 0.15) is 30.5 Å². The molecule has 1 aliphatic heterocycles. The SMILES string of the molecule is [C-]#[N+]c1ccc(Oc2cccc(Oc3ccc(C#N)cc3)c2N2c3ccccc3C(C)(C)c3ccccc32)cc1. The average molecular weight is 520 g/mol. The summed E-state index contributed by atoms with van der Waals surface area (Å²) in [5.74, 6) is 2.43. The maximum atomic E-state index is 9.24. The van der Waals surface area contributed by atoms with Crippen LogP contribution in [0.25, 0.3) is 4.85 Å². The molecule has 1 heterocycles. The molecule has 5 nitrogen and oxygen atoms in total. The van der Waals surface area contributed by atoms with Crippen LogP contribution in [0.3, 0.4) is 0 Å². The van der Waals surface area contributed by atoms with Gasteiger partial charge < -0.3 is 14.4 Å². The first-order valence-electron chi connectivity index (χ1n) is 12.9. The van der Waals surface area contributed by atoms with E-state index in [1.54, 1.807) is 48.5 Å². The number of fused-ring (bicyclic) bond motifs is 2. The molecule has 0 aliphatic carbocycles. The lowest BCUT2D eigenvalue weighted by atomic mass is 9.73. The number of para-hydroxylation sites is 3. The van der Waals surface area contributed by atoms with Crippen LogP contribution in [0.2, 0.25) is 0 Å². The van der Waals surface area contributed by atoms with E-state index in [1.807, 2.05) is 30.3 Å². The molecular formula is C35H25N3O2. The minimum Gasteiger partial charge on any atom is -0.455 e. The standard InChI is InChI=1S/C35H25N3O2/c1-35(2)28-9-4-6-11-30(28)38(31-12-7-5-10-29(31)35)34-32(39-26-19-15-24(23-36)16-20-26)13-8-14-33(34)40-27-21-17-25(37-3)18-22-27/h4-22H,1-2H3. The molecule has 0 amide bonds. The van der Waals surface area contributed by atoms with Gasteiger partial charge in [0, 0.05) is 5.41 Å². The summed E-state index contributed by atoms with van der Waals surface area (Å²) >= 11 is 0. The van der Waals surface area contributed by atoms with Gasteiger partial charge in [-0.05, 0) is 71.8 Å². The van der Waals surface area contributed by atoms with E-state index in [9.17, 15) is 5.26 Å². The van der Waals surface area contributed by atoms with Crippen molar-refractivity contribution in [2.45, 2.75) is 19.3 Å². The molecule has 0 N–H and O–H groups in total. The number of rotatable bonds is 5. The van der Waals surface area contributed by atoms with Crippen LogP contribution in [0.5, 0.6) is 23.0 Å². The molecule has 0 unspecified atom stereocenters. The maximum Gasteiger partial charge on any atom is 0.187 e. The quantitative estimate of drug-likeness (QED) is 0.217. The van der Waals surface area contributed by atoms with Crippen LogP contribution in [-0.2, 0) is 5.41 Å². The lowest BCUT2D eigenvalue weighted by Gasteiger charge is -2.42. The van der Waals surface area contributed by atoms with Gasteiger partial charge in [-0.25, -0.2) is 4.85 Å². The molecule has 0 saturated carbocycles. The molecule has 0 aromatic heterocycles. The Bertz CT molecular complexity index is 1670. The first-order chi connectivity index (χ1) is 19.5. The summed E-state index contributed by atoms with van der Waals surface area (Å²) in [6.07, 6.45) is 0. The van der Waals surface area contributed by atoms with E-state index in [-0.39, 0.29) is 5.41 Å². The van der Waals surface area contributed by atoms with Crippen LogP contribution >= 0.6 is 0 Å². The summed E-state index contributed by atoms with van der Waals surface area (Å²) in [6.45, 7) is 11.8. The zero-order valence-electron chi connectivity index (χ0n) is 22.1. The Balaban J connectivity index is 1.57. The highest BCUT2D eigenvalue weighted by Crippen LogP contribution is 2.56. The molecule has 5 aromatic carbocycles. The zero-order chi connectivity index (χ0) is 27.7. The number of hydrogen-bond acceptors (Lipinski definition) is 4. The monoisotopic (exact) mass is 519 g/mol. The lowest BCUT2D eigenvalue weighted by molar-refractivity contribution is 0.462. The van der Waals surface area contributed by atoms with Gasteiger partial charge in [0.15, 0.2) is 17.2 Å². The van der Waals surface area contributed by atoms with E-state index in [2.05, 4.69) is 66.1 Å². The second kappa shape index (κ2) is 9.98. The molecule has 0 spiro atoms. The summed E-state index contributed by atoms with van der Waals surface area (Å²) in [6, 6.07) is 38.9. The molecule has 6 rings (SSSR count). The summed E-state index contributed by atoms with van der Waals surface area (Å²) in [5.41, 5.74) is 6.09. The van der Waals surface area contributed by atoms with Gasteiger partial charge in [-0.15, -0.1) is 0 Å². The summed E-state index contributed by atoms with van der Waals surface area (Å²) in [5, 5.41) is 9.24. The highest BCUT2D eigenvalue weighted by Gasteiger charge is 2.38. The predicted octanol–water partition coefficient (Wildman–Crippen LogP) is 9.80. The largest absolute Gasteiger partial charge is 0.455 e. The second-order valence-corrected chi connectivity index (χ2v) is 10.0. The molecule has 5 aromatic rings. The van der Waals surface area contributed by atoms with Gasteiger partial charge in [0.2, 0.25) is 0 Å². The molecular weight excluding hydrogens is 494 g/mol. The predicted molar refractivity (Wildman–Crippen MR) is 157 cm³/mol. The van der Waals surface area contributed by atoms with Gasteiger partial charge in [-0.1, -0.05) is 68.4 Å². The highest BCUT2D eigenvalue weighted by atomic mass is 16.5. The van der Waals surface area contributed by atoms with E-state index < -0.39 is 0 Å². The van der Waals surface area contributed by atoms with Crippen LogP contribution in [0, 0.1) is 17.9 Å². The third-order valence-corrected chi connectivity index (χ3v) is 7.23. The van der Waals surface area contributed by atoms with Gasteiger partial charge in [-0.2, -0.15) is 5.26 Å². The van der Waals surface area contributed by atoms with Crippen molar-refractivity contribution >= 4 is 22.7 Å². The van der Waals surface area contributed by atoms with E-state index in [1.165, 1.54) is 11.1 Å². The van der Waals surface area contributed by atoms with Crippen molar-refractivity contribution in [1.82, 2.24) is 0 Å². The Morgan fingerprint density at radius 3 is 1.68 bits per heavy atom. The number of ether oxygens (including phenoxy) is 2. The van der Waals surface area contributed by atoms with Crippen molar-refractivity contribution in [3.05, 3.63) is 143 Å². The maximum absolute atomic E-state index is 9.24. The van der Waals surface area contributed by atoms with Crippen molar-refractivity contribution in [1.29, 1.82) is 5.26 Å². The Labute approximate surface area is 233 Å². The molecule has 0 saturated heterocycles. The third kappa shape index (κ3) is 4.30. The molecule has 1 aliphatic rings. The molecule has 5 heteroatoms. The van der Waals surface area contributed by atoms with Crippen LogP contribution in [0.15, 0.2) is 115 Å². The first kappa shape index (κ1) is 24.8. The Kier molecular flexibility index (Phi) is 6.19. The van der Waals surface area contributed by atoms with Crippen molar-refractivity contribution in [2.75, 3.05) is 4.90 Å². The summed E-state index contributed by atoms with van der Waals surface area (Å²) < 4.78 is 13.0. The highest BCUT2D eigenvalue weighted by molar-refractivity contribution is 5.90. The number of anilines is 3. The van der Waals surface area contributed by atoms with Gasteiger partial charge >= 0.3 is 0 Å². The minimum absolute atomic E-state index is 0.219. The van der Waals surface area contributed by atoms with Crippen molar-refractivity contribution in [3.8, 4) is 29.1 Å². The van der Waals surface area contributed by atoms with Crippen LogP contribution in [-0.4, -0.2) is 0 Å². The second-order valence-electron chi connectivity index (χ2n) is 10.0. The zero-order valence-corrected chi connectivity index (χ0v) is 22.1. The minimum atomic E-state index is -0.219. The van der Waals surface area contributed by atoms with Gasteiger partial charge in [0.05, 0.1) is 29.6 Å². The molecule has 0 bridgehead atoms. The van der Waals surface area contributed by atoms with E-state index in [0.717, 1.165) is 17.1 Å². The molecule has 192 valence electrons. The Morgan fingerprint density at radius 1 is 0.675 bits per heavy atom. The van der Waals surface area contributed by atoms with Crippen molar-refractivity contribution in [2.24, 2.45) is 0 Å². The van der Waals surface area contributed by atoms with Gasteiger partial charge in [0.25, 0.3) is 0 Å². The van der Waals surface area contributed by atoms with Gasteiger partial charge in [0.1, 0.15) is 17.2 Å². The topological polar surface area (TPSA) is 49.9 Å².